The largest absolute Gasteiger partial charge is 0.388 e. The van der Waals surface area contributed by atoms with E-state index in [0.717, 1.165) is 11.4 Å². The number of nitrogens with two attached hydrogens (primary N) is 1. The summed E-state index contributed by atoms with van der Waals surface area (Å²) in [5.74, 6) is -0.0779. The number of hydrogen-bond donors (Lipinski definition) is 1. The normalized spacial score (nSPS) is 10.4. The smallest absolute Gasteiger partial charge is 0.272 e. The van der Waals surface area contributed by atoms with Gasteiger partial charge in [0.2, 0.25) is 0 Å². The fourth-order valence-electron chi connectivity index (χ4n) is 2.17. The molecule has 110 valence electrons. The first kappa shape index (κ1) is 15.2. The predicted octanol–water partition coefficient (Wildman–Crippen LogP) is 1.99. The average Bonchev–Trinajstić information content (AvgIpc) is 2.98. The average molecular weight is 302 g/mol. The molecule has 0 unspecified atom stereocenters. The Morgan fingerprint density at radius 1 is 1.38 bits per heavy atom. The van der Waals surface area contributed by atoms with E-state index in [1.54, 1.807) is 17.2 Å². The van der Waals surface area contributed by atoms with E-state index in [1.807, 2.05) is 42.8 Å². The lowest BCUT2D eigenvalue weighted by atomic mass is 10.2. The van der Waals surface area contributed by atoms with Crippen molar-refractivity contribution < 1.29 is 4.79 Å². The van der Waals surface area contributed by atoms with Gasteiger partial charge in [0, 0.05) is 31.2 Å². The van der Waals surface area contributed by atoms with Gasteiger partial charge in [-0.15, -0.1) is 0 Å². The summed E-state index contributed by atoms with van der Waals surface area (Å²) < 4.78 is 1.85. The minimum atomic E-state index is -0.0779. The Morgan fingerprint density at radius 2 is 2.10 bits per heavy atom. The minimum absolute atomic E-state index is 0.0779. The molecule has 0 aliphatic rings. The molecule has 0 aliphatic heterocycles. The van der Waals surface area contributed by atoms with Crippen LogP contribution in [-0.4, -0.2) is 38.4 Å². The van der Waals surface area contributed by atoms with Gasteiger partial charge >= 0.3 is 0 Å². The van der Waals surface area contributed by atoms with E-state index in [2.05, 4.69) is 4.98 Å². The number of nitrogens with zero attached hydrogens (tertiary/aromatic N) is 3. The van der Waals surface area contributed by atoms with Gasteiger partial charge in [-0.25, -0.2) is 0 Å². The second kappa shape index (κ2) is 6.49. The Morgan fingerprint density at radius 3 is 2.71 bits per heavy atom. The van der Waals surface area contributed by atoms with Gasteiger partial charge < -0.3 is 15.2 Å². The highest BCUT2D eigenvalue weighted by molar-refractivity contribution is 7.80. The van der Waals surface area contributed by atoms with E-state index in [0.29, 0.717) is 23.8 Å². The monoisotopic (exact) mass is 302 g/mol. The van der Waals surface area contributed by atoms with Crippen molar-refractivity contribution in [2.75, 3.05) is 13.1 Å². The number of hydrogen-bond acceptors (Lipinski definition) is 3. The summed E-state index contributed by atoms with van der Waals surface area (Å²) in [4.78, 5) is 18.6. The van der Waals surface area contributed by atoms with Crippen molar-refractivity contribution in [1.82, 2.24) is 14.5 Å². The maximum Gasteiger partial charge on any atom is 0.272 e. The van der Waals surface area contributed by atoms with Crippen LogP contribution in [-0.2, 0) is 0 Å². The molecule has 0 aliphatic carbocycles. The van der Waals surface area contributed by atoms with Crippen LogP contribution in [0.15, 0.2) is 36.7 Å². The van der Waals surface area contributed by atoms with Gasteiger partial charge in [-0.1, -0.05) is 12.2 Å². The van der Waals surface area contributed by atoms with Gasteiger partial charge in [0.15, 0.2) is 0 Å². The molecule has 2 rings (SSSR count). The van der Waals surface area contributed by atoms with Crippen LogP contribution in [0.4, 0.5) is 0 Å². The van der Waals surface area contributed by atoms with E-state index in [9.17, 15) is 4.79 Å². The molecule has 2 aromatic rings. The molecule has 0 radical (unpaired) electrons. The van der Waals surface area contributed by atoms with Crippen molar-refractivity contribution in [3.63, 3.8) is 0 Å². The quantitative estimate of drug-likeness (QED) is 0.858. The Kier molecular flexibility index (Phi) is 4.70. The first-order valence-electron chi connectivity index (χ1n) is 6.81. The molecule has 0 saturated carbocycles. The van der Waals surface area contributed by atoms with Crippen molar-refractivity contribution in [3.05, 3.63) is 48.0 Å². The number of pyridine rings is 1. The zero-order valence-electron chi connectivity index (χ0n) is 12.1. The summed E-state index contributed by atoms with van der Waals surface area (Å²) in [6, 6.07) is 7.28. The van der Waals surface area contributed by atoms with Crippen LogP contribution in [0.5, 0.6) is 0 Å². The van der Waals surface area contributed by atoms with E-state index in [1.165, 1.54) is 0 Å². The number of rotatable bonds is 5. The lowest BCUT2D eigenvalue weighted by Gasteiger charge is -2.18. The molecule has 2 N–H and O–H groups in total. The summed E-state index contributed by atoms with van der Waals surface area (Å²) in [6.45, 7) is 5.20. The molecule has 21 heavy (non-hydrogen) atoms. The summed E-state index contributed by atoms with van der Waals surface area (Å²) in [7, 11) is 0. The molecule has 0 aromatic carbocycles. The SMILES string of the molecule is CCN(CC)C(=O)c1cc(-n2cccc2C(N)=S)ccn1. The number of amides is 1. The molecule has 2 aromatic heterocycles. The Labute approximate surface area is 129 Å². The van der Waals surface area contributed by atoms with E-state index in [4.69, 9.17) is 18.0 Å². The number of carbonyl (C=O) groups is 1. The molecule has 0 saturated heterocycles. The standard InChI is InChI=1S/C15H18N4OS/c1-3-18(4-2)15(20)12-10-11(7-8-17-12)19-9-5-6-13(19)14(16)21/h5-10H,3-4H2,1-2H3,(H2,16,21). The topological polar surface area (TPSA) is 64.2 Å². The number of carbonyl (C=O) groups excluding carboxylic acids is 1. The van der Waals surface area contributed by atoms with Gasteiger partial charge in [0.1, 0.15) is 10.7 Å². The molecule has 0 bridgehead atoms. The zero-order chi connectivity index (χ0) is 15.4. The highest BCUT2D eigenvalue weighted by Gasteiger charge is 2.15. The fraction of sp³-hybridized carbons (Fsp3) is 0.267. The minimum Gasteiger partial charge on any atom is -0.388 e. The van der Waals surface area contributed by atoms with E-state index < -0.39 is 0 Å². The Balaban J connectivity index is 2.40. The van der Waals surface area contributed by atoms with Crippen molar-refractivity contribution in [1.29, 1.82) is 0 Å². The third-order valence-electron chi connectivity index (χ3n) is 3.29. The molecule has 0 fully saturated rings. The van der Waals surface area contributed by atoms with Gasteiger partial charge in [0.05, 0.1) is 5.69 Å². The molecule has 1 amide bonds. The predicted molar refractivity (Wildman–Crippen MR) is 86.7 cm³/mol. The van der Waals surface area contributed by atoms with Gasteiger partial charge in [0.25, 0.3) is 5.91 Å². The first-order chi connectivity index (χ1) is 10.1. The second-order valence-corrected chi connectivity index (χ2v) is 4.94. The lowest BCUT2D eigenvalue weighted by Crippen LogP contribution is -2.31. The summed E-state index contributed by atoms with van der Waals surface area (Å²) in [5.41, 5.74) is 7.67. The summed E-state index contributed by atoms with van der Waals surface area (Å²) in [5, 5.41) is 0. The van der Waals surface area contributed by atoms with E-state index in [-0.39, 0.29) is 5.91 Å². The fourth-order valence-corrected chi connectivity index (χ4v) is 2.33. The maximum atomic E-state index is 12.4. The van der Waals surface area contributed by atoms with Crippen LogP contribution in [0.3, 0.4) is 0 Å². The summed E-state index contributed by atoms with van der Waals surface area (Å²) in [6.07, 6.45) is 3.48. The van der Waals surface area contributed by atoms with Crippen LogP contribution in [0.1, 0.15) is 30.0 Å². The van der Waals surface area contributed by atoms with Crippen molar-refractivity contribution in [3.8, 4) is 5.69 Å². The molecule has 5 nitrogen and oxygen atoms in total. The Hall–Kier alpha value is -2.21. The van der Waals surface area contributed by atoms with Gasteiger partial charge in [-0.2, -0.15) is 0 Å². The first-order valence-corrected chi connectivity index (χ1v) is 7.22. The van der Waals surface area contributed by atoms with Crippen LogP contribution >= 0.6 is 12.2 Å². The molecule has 6 heteroatoms. The van der Waals surface area contributed by atoms with Gasteiger partial charge in [-0.3, -0.25) is 9.78 Å². The highest BCUT2D eigenvalue weighted by Crippen LogP contribution is 2.14. The van der Waals surface area contributed by atoms with Crippen molar-refractivity contribution in [2.24, 2.45) is 5.73 Å². The number of thiocarbonyl (C=S) groups is 1. The van der Waals surface area contributed by atoms with Crippen LogP contribution in [0.25, 0.3) is 5.69 Å². The molecule has 0 atom stereocenters. The molecular weight excluding hydrogens is 284 g/mol. The molecule has 2 heterocycles. The number of aromatic nitrogens is 2. The van der Waals surface area contributed by atoms with Crippen LogP contribution in [0.2, 0.25) is 0 Å². The third kappa shape index (κ3) is 3.11. The molecular formula is C15H18N4OS. The zero-order valence-corrected chi connectivity index (χ0v) is 12.9. The van der Waals surface area contributed by atoms with Gasteiger partial charge in [-0.05, 0) is 38.1 Å². The highest BCUT2D eigenvalue weighted by atomic mass is 32.1. The lowest BCUT2D eigenvalue weighted by molar-refractivity contribution is 0.0767. The molecule has 0 spiro atoms. The third-order valence-corrected chi connectivity index (χ3v) is 3.50. The Bertz CT molecular complexity index is 661. The van der Waals surface area contributed by atoms with Crippen LogP contribution < -0.4 is 5.73 Å². The van der Waals surface area contributed by atoms with Crippen LogP contribution in [0, 0.1) is 0 Å². The van der Waals surface area contributed by atoms with Crippen molar-refractivity contribution in [2.45, 2.75) is 13.8 Å². The van der Waals surface area contributed by atoms with Crippen molar-refractivity contribution >= 4 is 23.1 Å². The maximum absolute atomic E-state index is 12.4. The summed E-state index contributed by atoms with van der Waals surface area (Å²) >= 11 is 5.03. The van der Waals surface area contributed by atoms with E-state index >= 15 is 0 Å². The second-order valence-electron chi connectivity index (χ2n) is 4.50.